The van der Waals surface area contributed by atoms with Crippen molar-refractivity contribution in [2.45, 2.75) is 71.6 Å². The van der Waals surface area contributed by atoms with E-state index in [9.17, 15) is 4.79 Å². The molecule has 0 aliphatic carbocycles. The van der Waals surface area contributed by atoms with Crippen molar-refractivity contribution >= 4 is 5.91 Å². The van der Waals surface area contributed by atoms with Crippen LogP contribution in [-0.2, 0) is 20.7 Å². The lowest BCUT2D eigenvalue weighted by Crippen LogP contribution is -2.40. The largest absolute Gasteiger partial charge is 0.494 e. The fourth-order valence-electron chi connectivity index (χ4n) is 3.60. The Morgan fingerprint density at radius 3 is 2.32 bits per heavy atom. The first kappa shape index (κ1) is 31.6. The number of nitrogens with one attached hydrogen (secondary N) is 2. The van der Waals surface area contributed by atoms with Crippen molar-refractivity contribution in [2.75, 3.05) is 40.0 Å². The van der Waals surface area contributed by atoms with E-state index >= 15 is 0 Å². The van der Waals surface area contributed by atoms with Crippen LogP contribution < -0.4 is 25.8 Å². The van der Waals surface area contributed by atoms with Gasteiger partial charge in [0.15, 0.2) is 0 Å². The van der Waals surface area contributed by atoms with E-state index < -0.39 is 0 Å². The summed E-state index contributed by atoms with van der Waals surface area (Å²) in [6.07, 6.45) is 2.65. The predicted octanol–water partition coefficient (Wildman–Crippen LogP) is 4.72. The summed E-state index contributed by atoms with van der Waals surface area (Å²) >= 11 is 0. The number of hydrogen-bond acceptors (Lipinski definition) is 7. The van der Waals surface area contributed by atoms with Crippen LogP contribution in [-0.4, -0.2) is 57.2 Å². The number of aryl methyl sites for hydroxylation is 1. The molecule has 8 nitrogen and oxygen atoms in total. The lowest BCUT2D eigenvalue weighted by Gasteiger charge is -2.29. The minimum absolute atomic E-state index is 0.00860. The number of hydrogen-bond donors (Lipinski definition) is 3. The molecule has 0 aliphatic rings. The van der Waals surface area contributed by atoms with Crippen molar-refractivity contribution < 1.29 is 23.7 Å². The second-order valence-electron chi connectivity index (χ2n) is 10.5. The molecule has 2 aromatic carbocycles. The summed E-state index contributed by atoms with van der Waals surface area (Å²) in [5, 5.41) is 6.02. The molecular weight excluding hydrogens is 482 g/mol. The van der Waals surface area contributed by atoms with E-state index in [1.54, 1.807) is 0 Å². The second kappa shape index (κ2) is 15.7. The average molecular weight is 530 g/mol. The second-order valence-corrected chi connectivity index (χ2v) is 10.5. The number of nitrogens with two attached hydrogens (primary N) is 1. The van der Waals surface area contributed by atoms with E-state index in [-0.39, 0.29) is 17.2 Å². The summed E-state index contributed by atoms with van der Waals surface area (Å²) in [5.41, 5.74) is 7.23. The molecule has 1 amide bonds. The van der Waals surface area contributed by atoms with Crippen LogP contribution in [0.25, 0.3) is 0 Å². The summed E-state index contributed by atoms with van der Waals surface area (Å²) in [6.45, 7) is 12.7. The van der Waals surface area contributed by atoms with Crippen LogP contribution in [0.1, 0.15) is 58.1 Å². The van der Waals surface area contributed by atoms with Gasteiger partial charge in [0, 0.05) is 13.0 Å². The van der Waals surface area contributed by atoms with Crippen molar-refractivity contribution in [3.63, 3.8) is 0 Å². The third-order valence-electron chi connectivity index (χ3n) is 6.23. The lowest BCUT2D eigenvalue weighted by molar-refractivity contribution is -0.122. The summed E-state index contributed by atoms with van der Waals surface area (Å²) in [5.74, 6) is 2.30. The van der Waals surface area contributed by atoms with Crippen molar-refractivity contribution in [3.8, 4) is 17.2 Å². The fraction of sp³-hybridized carbons (Fsp3) is 0.567. The number of rotatable bonds is 18. The molecule has 0 spiro atoms. The molecule has 0 aromatic heterocycles. The van der Waals surface area contributed by atoms with Gasteiger partial charge in [0.05, 0.1) is 25.4 Å². The molecule has 0 saturated carbocycles. The summed E-state index contributed by atoms with van der Waals surface area (Å²) in [6, 6.07) is 13.6. The molecule has 8 heteroatoms. The quantitative estimate of drug-likeness (QED) is 0.190. The molecule has 0 heterocycles. The van der Waals surface area contributed by atoms with Gasteiger partial charge in [-0.3, -0.25) is 10.1 Å². The Morgan fingerprint density at radius 2 is 1.66 bits per heavy atom. The standard InChI is InChI=1S/C30H47N3O5/c1-23-22-24(15-17-31)9-14-27(23)38-26-12-10-25(11-13-26)35-19-7-8-28(34)33-18-21-36-29(2,3)16-20-37-30(4,5)32-6/h9-14,22,32H,7-8,15-21,31H2,1-6H3,(H,33,34). The van der Waals surface area contributed by atoms with Crippen LogP contribution >= 0.6 is 0 Å². The first-order chi connectivity index (χ1) is 18.0. The molecule has 0 atom stereocenters. The van der Waals surface area contributed by atoms with Crippen molar-refractivity contribution in [1.82, 2.24) is 10.6 Å². The Morgan fingerprint density at radius 1 is 0.947 bits per heavy atom. The van der Waals surface area contributed by atoms with Crippen molar-refractivity contribution in [3.05, 3.63) is 53.6 Å². The van der Waals surface area contributed by atoms with Crippen LogP contribution in [0, 0.1) is 6.92 Å². The van der Waals surface area contributed by atoms with Gasteiger partial charge in [0.2, 0.25) is 5.91 Å². The SMILES string of the molecule is CNC(C)(C)OCCC(C)(C)OCCNC(=O)CCCOc1ccc(Oc2ccc(CCN)cc2C)cc1. The van der Waals surface area contributed by atoms with E-state index in [2.05, 4.69) is 16.7 Å². The van der Waals surface area contributed by atoms with Gasteiger partial charge in [-0.2, -0.15) is 0 Å². The Bertz CT molecular complexity index is 976. The maximum atomic E-state index is 12.1. The molecule has 212 valence electrons. The molecule has 0 saturated heterocycles. The third-order valence-corrected chi connectivity index (χ3v) is 6.23. The molecule has 0 bridgehead atoms. The number of carbonyl (C=O) groups excluding carboxylic acids is 1. The minimum atomic E-state index is -0.358. The van der Waals surface area contributed by atoms with Crippen LogP contribution in [0.15, 0.2) is 42.5 Å². The van der Waals surface area contributed by atoms with Gasteiger partial charge >= 0.3 is 0 Å². The number of carbonyl (C=O) groups is 1. The van der Waals surface area contributed by atoms with Crippen LogP contribution in [0.4, 0.5) is 0 Å². The molecule has 4 N–H and O–H groups in total. The molecule has 0 fully saturated rings. The molecule has 0 aliphatic heterocycles. The van der Waals surface area contributed by atoms with Gasteiger partial charge in [-0.15, -0.1) is 0 Å². The van der Waals surface area contributed by atoms with Gasteiger partial charge in [-0.05, 0) is 109 Å². The van der Waals surface area contributed by atoms with Gasteiger partial charge in [-0.25, -0.2) is 0 Å². The zero-order chi connectivity index (χ0) is 28.0. The highest BCUT2D eigenvalue weighted by atomic mass is 16.5. The molecule has 38 heavy (non-hydrogen) atoms. The molecule has 2 rings (SSSR count). The normalized spacial score (nSPS) is 11.9. The van der Waals surface area contributed by atoms with Gasteiger partial charge in [0.25, 0.3) is 0 Å². The maximum absolute atomic E-state index is 12.1. The van der Waals surface area contributed by atoms with Gasteiger partial charge in [-0.1, -0.05) is 12.1 Å². The summed E-state index contributed by atoms with van der Waals surface area (Å²) in [7, 11) is 1.87. The fourth-order valence-corrected chi connectivity index (χ4v) is 3.60. The minimum Gasteiger partial charge on any atom is -0.494 e. The number of ether oxygens (including phenoxy) is 4. The van der Waals surface area contributed by atoms with E-state index in [1.165, 1.54) is 5.56 Å². The third kappa shape index (κ3) is 12.3. The average Bonchev–Trinajstić information content (AvgIpc) is 2.87. The monoisotopic (exact) mass is 529 g/mol. The van der Waals surface area contributed by atoms with Crippen LogP contribution in [0.3, 0.4) is 0 Å². The highest BCUT2D eigenvalue weighted by Gasteiger charge is 2.21. The van der Waals surface area contributed by atoms with E-state index in [4.69, 9.17) is 24.7 Å². The molecule has 0 unspecified atom stereocenters. The first-order valence-corrected chi connectivity index (χ1v) is 13.5. The topological polar surface area (TPSA) is 104 Å². The Hall–Kier alpha value is -2.65. The first-order valence-electron chi connectivity index (χ1n) is 13.5. The highest BCUT2D eigenvalue weighted by molar-refractivity contribution is 5.75. The highest BCUT2D eigenvalue weighted by Crippen LogP contribution is 2.27. The summed E-state index contributed by atoms with van der Waals surface area (Å²) < 4.78 is 23.5. The van der Waals surface area contributed by atoms with Gasteiger partial charge in [0.1, 0.15) is 23.0 Å². The maximum Gasteiger partial charge on any atom is 0.220 e. The lowest BCUT2D eigenvalue weighted by atomic mass is 10.1. The molecule has 0 radical (unpaired) electrons. The number of amides is 1. The van der Waals surface area contributed by atoms with E-state index in [0.29, 0.717) is 45.8 Å². The Kier molecular flexibility index (Phi) is 13.0. The smallest absolute Gasteiger partial charge is 0.220 e. The molecular formula is C30H47N3O5. The van der Waals surface area contributed by atoms with Crippen LogP contribution in [0.5, 0.6) is 17.2 Å². The zero-order valence-corrected chi connectivity index (χ0v) is 24.0. The number of benzene rings is 2. The molecule has 2 aromatic rings. The van der Waals surface area contributed by atoms with Crippen molar-refractivity contribution in [2.24, 2.45) is 5.73 Å². The van der Waals surface area contributed by atoms with E-state index in [1.807, 2.05) is 78.1 Å². The van der Waals surface area contributed by atoms with Crippen LogP contribution in [0.2, 0.25) is 0 Å². The van der Waals surface area contributed by atoms with E-state index in [0.717, 1.165) is 35.7 Å². The zero-order valence-electron chi connectivity index (χ0n) is 24.0. The van der Waals surface area contributed by atoms with Gasteiger partial charge < -0.3 is 30.0 Å². The predicted molar refractivity (Wildman–Crippen MR) is 152 cm³/mol. The summed E-state index contributed by atoms with van der Waals surface area (Å²) in [4.78, 5) is 12.1. The van der Waals surface area contributed by atoms with Crippen molar-refractivity contribution in [1.29, 1.82) is 0 Å². The Labute approximate surface area is 228 Å². The Balaban J connectivity index is 1.59.